The third-order valence-electron chi connectivity index (χ3n) is 4.00. The van der Waals surface area contributed by atoms with Gasteiger partial charge >= 0.3 is 0 Å². The van der Waals surface area contributed by atoms with Crippen molar-refractivity contribution in [1.29, 1.82) is 0 Å². The average Bonchev–Trinajstić information content (AvgIpc) is 2.38. The molecule has 0 bridgehead atoms. The molecule has 114 valence electrons. The summed E-state index contributed by atoms with van der Waals surface area (Å²) in [5.74, 6) is 0.729. The van der Waals surface area contributed by atoms with Crippen molar-refractivity contribution in [2.45, 2.75) is 51.0 Å². The first kappa shape index (κ1) is 16.9. The Morgan fingerprint density at radius 3 is 2.53 bits per heavy atom. The molecule has 0 spiro atoms. The van der Waals surface area contributed by atoms with E-state index in [-0.39, 0.29) is 12.3 Å². The number of ether oxygens (including phenoxy) is 1. The first-order valence-corrected chi connectivity index (χ1v) is 8.74. The van der Waals surface area contributed by atoms with Crippen LogP contribution in [0.25, 0.3) is 0 Å². The molecule has 6 heteroatoms. The second-order valence-corrected chi connectivity index (χ2v) is 7.49. The SMILES string of the molecule is CCC1CCC(O)(CNS(=O)(=O)CCCOC)CC1. The second kappa shape index (κ2) is 7.57. The van der Waals surface area contributed by atoms with Crippen LogP contribution in [0.4, 0.5) is 0 Å². The molecule has 0 aromatic heterocycles. The molecule has 0 saturated heterocycles. The summed E-state index contributed by atoms with van der Waals surface area (Å²) in [6.07, 6.45) is 4.95. The largest absolute Gasteiger partial charge is 0.389 e. The number of hydrogen-bond donors (Lipinski definition) is 2. The molecule has 1 rings (SSSR count). The van der Waals surface area contributed by atoms with Gasteiger partial charge in [-0.05, 0) is 38.0 Å². The van der Waals surface area contributed by atoms with Crippen molar-refractivity contribution in [3.05, 3.63) is 0 Å². The molecule has 0 atom stereocenters. The number of methoxy groups -OCH3 is 1. The molecular formula is C13H27NO4S. The van der Waals surface area contributed by atoms with Crippen LogP contribution in [0, 0.1) is 5.92 Å². The lowest BCUT2D eigenvalue weighted by atomic mass is 9.78. The summed E-state index contributed by atoms with van der Waals surface area (Å²) in [6.45, 7) is 2.73. The zero-order chi connectivity index (χ0) is 14.4. The predicted molar refractivity (Wildman–Crippen MR) is 75.5 cm³/mol. The van der Waals surface area contributed by atoms with Gasteiger partial charge in [0.25, 0.3) is 0 Å². The van der Waals surface area contributed by atoms with Crippen molar-refractivity contribution in [2.75, 3.05) is 26.0 Å². The van der Waals surface area contributed by atoms with Gasteiger partial charge in [-0.3, -0.25) is 0 Å². The van der Waals surface area contributed by atoms with Crippen LogP contribution in [-0.4, -0.2) is 45.1 Å². The van der Waals surface area contributed by atoms with Gasteiger partial charge in [-0.1, -0.05) is 13.3 Å². The van der Waals surface area contributed by atoms with E-state index >= 15 is 0 Å². The van der Waals surface area contributed by atoms with Gasteiger partial charge in [0.15, 0.2) is 0 Å². The highest BCUT2D eigenvalue weighted by Crippen LogP contribution is 2.33. The molecule has 19 heavy (non-hydrogen) atoms. The Hall–Kier alpha value is -0.170. The number of hydrogen-bond acceptors (Lipinski definition) is 4. The summed E-state index contributed by atoms with van der Waals surface area (Å²) >= 11 is 0. The van der Waals surface area contributed by atoms with Gasteiger partial charge in [-0.15, -0.1) is 0 Å². The maximum absolute atomic E-state index is 11.7. The second-order valence-electron chi connectivity index (χ2n) is 5.56. The van der Waals surface area contributed by atoms with E-state index in [1.807, 2.05) is 0 Å². The molecule has 0 heterocycles. The van der Waals surface area contributed by atoms with Crippen LogP contribution in [0.1, 0.15) is 45.4 Å². The summed E-state index contributed by atoms with van der Waals surface area (Å²) in [5.41, 5.74) is -0.861. The van der Waals surface area contributed by atoms with Gasteiger partial charge < -0.3 is 9.84 Å². The molecule has 5 nitrogen and oxygen atoms in total. The third kappa shape index (κ3) is 6.21. The van der Waals surface area contributed by atoms with E-state index in [1.165, 1.54) is 0 Å². The van der Waals surface area contributed by atoms with Crippen molar-refractivity contribution in [2.24, 2.45) is 5.92 Å². The van der Waals surface area contributed by atoms with E-state index in [9.17, 15) is 13.5 Å². The van der Waals surface area contributed by atoms with Gasteiger partial charge in [0, 0.05) is 20.3 Å². The van der Waals surface area contributed by atoms with Gasteiger partial charge in [-0.2, -0.15) is 0 Å². The zero-order valence-corrected chi connectivity index (χ0v) is 12.8. The zero-order valence-electron chi connectivity index (χ0n) is 12.0. The molecule has 0 aliphatic heterocycles. The first-order chi connectivity index (χ1) is 8.91. The third-order valence-corrected chi connectivity index (χ3v) is 5.41. The van der Waals surface area contributed by atoms with E-state index in [0.717, 1.165) is 19.3 Å². The Morgan fingerprint density at radius 2 is 2.00 bits per heavy atom. The standard InChI is InChI=1S/C13H27NO4S/c1-3-12-5-7-13(15,8-6-12)11-14-19(16,17)10-4-9-18-2/h12,14-15H,3-11H2,1-2H3. The maximum Gasteiger partial charge on any atom is 0.211 e. The summed E-state index contributed by atoms with van der Waals surface area (Å²) in [6, 6.07) is 0. The Kier molecular flexibility index (Phi) is 6.73. The van der Waals surface area contributed by atoms with Crippen LogP contribution in [0.2, 0.25) is 0 Å². The lowest BCUT2D eigenvalue weighted by Gasteiger charge is -2.35. The topological polar surface area (TPSA) is 75.6 Å². The number of aliphatic hydroxyl groups is 1. The van der Waals surface area contributed by atoms with E-state index < -0.39 is 15.6 Å². The Balaban J connectivity index is 2.35. The Morgan fingerprint density at radius 1 is 1.37 bits per heavy atom. The van der Waals surface area contributed by atoms with Gasteiger partial charge in [0.1, 0.15) is 0 Å². The summed E-state index contributed by atoms with van der Waals surface area (Å²) in [7, 11) is -1.75. The molecule has 0 aromatic rings. The van der Waals surface area contributed by atoms with Crippen LogP contribution < -0.4 is 4.72 Å². The van der Waals surface area contributed by atoms with E-state index in [0.29, 0.717) is 31.8 Å². The molecule has 2 N–H and O–H groups in total. The van der Waals surface area contributed by atoms with Crippen molar-refractivity contribution >= 4 is 10.0 Å². The molecule has 1 aliphatic carbocycles. The summed E-state index contributed by atoms with van der Waals surface area (Å²) in [4.78, 5) is 0. The monoisotopic (exact) mass is 293 g/mol. The molecule has 0 aromatic carbocycles. The van der Waals surface area contributed by atoms with Crippen LogP contribution in [0.3, 0.4) is 0 Å². The Bertz CT molecular complexity index is 348. The van der Waals surface area contributed by atoms with Crippen LogP contribution in [-0.2, 0) is 14.8 Å². The van der Waals surface area contributed by atoms with Crippen molar-refractivity contribution in [1.82, 2.24) is 4.72 Å². The molecular weight excluding hydrogens is 266 g/mol. The maximum atomic E-state index is 11.7. The highest BCUT2D eigenvalue weighted by molar-refractivity contribution is 7.89. The highest BCUT2D eigenvalue weighted by atomic mass is 32.2. The van der Waals surface area contributed by atoms with Crippen LogP contribution in [0.15, 0.2) is 0 Å². The minimum atomic E-state index is -3.30. The molecule has 0 radical (unpaired) electrons. The summed E-state index contributed by atoms with van der Waals surface area (Å²) in [5, 5.41) is 10.4. The van der Waals surface area contributed by atoms with Crippen LogP contribution in [0.5, 0.6) is 0 Å². The minimum Gasteiger partial charge on any atom is -0.389 e. The molecule has 1 fully saturated rings. The normalized spacial score (nSPS) is 28.5. The minimum absolute atomic E-state index is 0.0501. The van der Waals surface area contributed by atoms with Gasteiger partial charge in [0.2, 0.25) is 10.0 Å². The van der Waals surface area contributed by atoms with E-state index in [1.54, 1.807) is 7.11 Å². The molecule has 0 unspecified atom stereocenters. The van der Waals surface area contributed by atoms with Crippen molar-refractivity contribution in [3.8, 4) is 0 Å². The Labute approximate surface area is 116 Å². The fraction of sp³-hybridized carbons (Fsp3) is 1.00. The predicted octanol–water partition coefficient (Wildman–Crippen LogP) is 1.27. The number of sulfonamides is 1. The first-order valence-electron chi connectivity index (χ1n) is 7.09. The lowest BCUT2D eigenvalue weighted by molar-refractivity contribution is -0.00443. The highest BCUT2D eigenvalue weighted by Gasteiger charge is 2.33. The smallest absolute Gasteiger partial charge is 0.211 e. The van der Waals surface area contributed by atoms with Crippen molar-refractivity contribution in [3.63, 3.8) is 0 Å². The average molecular weight is 293 g/mol. The van der Waals surface area contributed by atoms with E-state index in [2.05, 4.69) is 11.6 Å². The molecule has 0 amide bonds. The van der Waals surface area contributed by atoms with Gasteiger partial charge in [-0.25, -0.2) is 13.1 Å². The fourth-order valence-corrected chi connectivity index (χ4v) is 3.64. The van der Waals surface area contributed by atoms with Crippen molar-refractivity contribution < 1.29 is 18.3 Å². The fourth-order valence-electron chi connectivity index (χ4n) is 2.51. The molecule has 1 saturated carbocycles. The summed E-state index contributed by atoms with van der Waals surface area (Å²) < 4.78 is 30.8. The number of rotatable bonds is 8. The molecule has 1 aliphatic rings. The quantitative estimate of drug-likeness (QED) is 0.661. The number of nitrogens with one attached hydrogen (secondary N) is 1. The lowest BCUT2D eigenvalue weighted by Crippen LogP contribution is -2.45. The van der Waals surface area contributed by atoms with Crippen LogP contribution >= 0.6 is 0 Å². The van der Waals surface area contributed by atoms with Gasteiger partial charge in [0.05, 0.1) is 11.4 Å². The van der Waals surface area contributed by atoms with E-state index in [4.69, 9.17) is 4.74 Å².